The minimum atomic E-state index is 0.0910. The molecule has 0 aliphatic carbocycles. The molecule has 1 aliphatic heterocycles. The van der Waals surface area contributed by atoms with E-state index in [1.807, 2.05) is 41.3 Å². The van der Waals surface area contributed by atoms with Crippen LogP contribution < -0.4 is 5.32 Å². The summed E-state index contributed by atoms with van der Waals surface area (Å²) in [6, 6.07) is 16.3. The molecule has 1 amide bonds. The van der Waals surface area contributed by atoms with E-state index in [1.165, 1.54) is 5.56 Å². The molecule has 3 aromatic rings. The Morgan fingerprint density at radius 1 is 1.15 bits per heavy atom. The quantitative estimate of drug-likeness (QED) is 0.682. The Balaban J connectivity index is 1.45. The van der Waals surface area contributed by atoms with Crippen molar-refractivity contribution in [1.82, 2.24) is 20.2 Å². The molecule has 138 valence electrons. The summed E-state index contributed by atoms with van der Waals surface area (Å²) in [7, 11) is 0. The second-order valence-electron chi connectivity index (χ2n) is 6.65. The van der Waals surface area contributed by atoms with Gasteiger partial charge in [0.05, 0.1) is 17.4 Å². The van der Waals surface area contributed by atoms with Crippen molar-refractivity contribution >= 4 is 17.2 Å². The van der Waals surface area contributed by atoms with E-state index < -0.39 is 0 Å². The van der Waals surface area contributed by atoms with E-state index >= 15 is 0 Å². The first kappa shape index (κ1) is 17.8. The van der Waals surface area contributed by atoms with Crippen LogP contribution in [0.5, 0.6) is 0 Å². The van der Waals surface area contributed by atoms with Gasteiger partial charge in [0, 0.05) is 37.6 Å². The molecular formula is C21H22N4OS. The fourth-order valence-electron chi connectivity index (χ4n) is 3.31. The Kier molecular flexibility index (Phi) is 5.55. The van der Waals surface area contributed by atoms with Gasteiger partial charge < -0.3 is 10.2 Å². The van der Waals surface area contributed by atoms with Crippen LogP contribution in [0, 0.1) is 0 Å². The van der Waals surface area contributed by atoms with E-state index in [1.54, 1.807) is 17.5 Å². The van der Waals surface area contributed by atoms with Gasteiger partial charge in [-0.2, -0.15) is 0 Å². The molecule has 1 atom stereocenters. The van der Waals surface area contributed by atoms with Crippen molar-refractivity contribution < 1.29 is 4.79 Å². The number of benzene rings is 1. The lowest BCUT2D eigenvalue weighted by Crippen LogP contribution is -2.35. The number of carbonyl (C=O) groups excluding carboxylic acids is 1. The van der Waals surface area contributed by atoms with Gasteiger partial charge in [0.25, 0.3) is 0 Å². The lowest BCUT2D eigenvalue weighted by molar-refractivity contribution is -0.128. The zero-order valence-corrected chi connectivity index (χ0v) is 15.9. The van der Waals surface area contributed by atoms with Crippen LogP contribution in [0.4, 0.5) is 0 Å². The third-order valence-corrected chi connectivity index (χ3v) is 5.66. The largest absolute Gasteiger partial charge is 0.341 e. The molecule has 1 fully saturated rings. The molecule has 0 unspecified atom stereocenters. The summed E-state index contributed by atoms with van der Waals surface area (Å²) in [4.78, 5) is 23.1. The van der Waals surface area contributed by atoms with Crippen molar-refractivity contribution in [3.05, 3.63) is 71.4 Å². The molecule has 0 radical (unpaired) electrons. The Morgan fingerprint density at radius 3 is 2.74 bits per heavy atom. The molecule has 1 N–H and O–H groups in total. The summed E-state index contributed by atoms with van der Waals surface area (Å²) in [5, 5.41) is 6.59. The molecule has 2 aromatic heterocycles. The van der Waals surface area contributed by atoms with Crippen LogP contribution in [0.1, 0.15) is 30.1 Å². The van der Waals surface area contributed by atoms with Gasteiger partial charge in [0.1, 0.15) is 5.01 Å². The highest BCUT2D eigenvalue weighted by Crippen LogP contribution is 2.23. The van der Waals surface area contributed by atoms with Gasteiger partial charge in [0.2, 0.25) is 5.91 Å². The molecule has 5 nitrogen and oxygen atoms in total. The fourth-order valence-corrected chi connectivity index (χ4v) is 4.11. The zero-order chi connectivity index (χ0) is 18.5. The van der Waals surface area contributed by atoms with E-state index in [2.05, 4.69) is 27.8 Å². The lowest BCUT2D eigenvalue weighted by Gasteiger charge is -2.25. The lowest BCUT2D eigenvalue weighted by atomic mass is 10.1. The number of thiazole rings is 1. The molecule has 4 rings (SSSR count). The minimum Gasteiger partial charge on any atom is -0.341 e. The van der Waals surface area contributed by atoms with Crippen molar-refractivity contribution in [2.24, 2.45) is 0 Å². The SMILES string of the molecule is O=C1CCCN1C[C@H](NCc1csc(-c2ccccn2)n1)c1ccccc1. The van der Waals surface area contributed by atoms with E-state index in [0.29, 0.717) is 19.5 Å². The predicted molar refractivity (Wildman–Crippen MR) is 107 cm³/mol. The van der Waals surface area contributed by atoms with Crippen molar-refractivity contribution in [3.8, 4) is 10.7 Å². The van der Waals surface area contributed by atoms with Gasteiger partial charge in [-0.15, -0.1) is 11.3 Å². The normalized spacial score (nSPS) is 15.3. The van der Waals surface area contributed by atoms with Gasteiger partial charge >= 0.3 is 0 Å². The molecular weight excluding hydrogens is 356 g/mol. The van der Waals surface area contributed by atoms with Crippen molar-refractivity contribution in [2.45, 2.75) is 25.4 Å². The molecule has 0 spiro atoms. The highest BCUT2D eigenvalue weighted by molar-refractivity contribution is 7.13. The van der Waals surface area contributed by atoms with Crippen molar-refractivity contribution in [2.75, 3.05) is 13.1 Å². The molecule has 0 saturated carbocycles. The number of carbonyl (C=O) groups is 1. The van der Waals surface area contributed by atoms with E-state index in [9.17, 15) is 4.79 Å². The van der Waals surface area contributed by atoms with E-state index in [0.717, 1.165) is 29.4 Å². The smallest absolute Gasteiger partial charge is 0.222 e. The maximum atomic E-state index is 12.1. The first-order valence-corrected chi connectivity index (χ1v) is 10.1. The maximum absolute atomic E-state index is 12.1. The summed E-state index contributed by atoms with van der Waals surface area (Å²) < 4.78 is 0. The standard InChI is InChI=1S/C21H22N4OS/c26-20-10-6-12-25(20)14-19(16-7-2-1-3-8-16)23-13-17-15-27-21(24-17)18-9-4-5-11-22-18/h1-5,7-9,11,15,19,23H,6,10,12-14H2/t19-/m0/s1. The van der Waals surface area contributed by atoms with Crippen molar-refractivity contribution in [1.29, 1.82) is 0 Å². The number of likely N-dealkylation sites (tertiary alicyclic amines) is 1. The van der Waals surface area contributed by atoms with Crippen LogP contribution in [0.3, 0.4) is 0 Å². The van der Waals surface area contributed by atoms with Crippen LogP contribution in [-0.4, -0.2) is 33.9 Å². The number of nitrogens with zero attached hydrogens (tertiary/aromatic N) is 3. The molecule has 1 aliphatic rings. The van der Waals surface area contributed by atoms with E-state index in [-0.39, 0.29) is 11.9 Å². The number of aromatic nitrogens is 2. The summed E-state index contributed by atoms with van der Waals surface area (Å²) in [5.74, 6) is 0.254. The molecule has 0 bridgehead atoms. The first-order chi connectivity index (χ1) is 13.3. The van der Waals surface area contributed by atoms with Crippen LogP contribution in [0.2, 0.25) is 0 Å². The van der Waals surface area contributed by atoms with Crippen LogP contribution in [0.25, 0.3) is 10.7 Å². The third kappa shape index (κ3) is 4.40. The Hall–Kier alpha value is -2.57. The number of hydrogen-bond acceptors (Lipinski definition) is 5. The predicted octanol–water partition coefficient (Wildman–Crippen LogP) is 3.66. The highest BCUT2D eigenvalue weighted by atomic mass is 32.1. The number of rotatable bonds is 7. The summed E-state index contributed by atoms with van der Waals surface area (Å²) in [5.41, 5.74) is 3.09. The Morgan fingerprint density at radius 2 is 2.00 bits per heavy atom. The average molecular weight is 379 g/mol. The van der Waals surface area contributed by atoms with E-state index in [4.69, 9.17) is 4.98 Å². The summed E-state index contributed by atoms with van der Waals surface area (Å²) >= 11 is 1.61. The number of amides is 1. The number of nitrogens with one attached hydrogen (secondary N) is 1. The van der Waals surface area contributed by atoms with Gasteiger partial charge in [-0.1, -0.05) is 36.4 Å². The second-order valence-corrected chi connectivity index (χ2v) is 7.50. The molecule has 3 heterocycles. The molecule has 6 heteroatoms. The summed E-state index contributed by atoms with van der Waals surface area (Å²) in [6.45, 7) is 2.20. The van der Waals surface area contributed by atoms with Crippen LogP contribution in [0.15, 0.2) is 60.1 Å². The van der Waals surface area contributed by atoms with Gasteiger partial charge in [-0.05, 0) is 24.1 Å². The fraction of sp³-hybridized carbons (Fsp3) is 0.286. The van der Waals surface area contributed by atoms with Crippen molar-refractivity contribution in [3.63, 3.8) is 0 Å². The van der Waals surface area contributed by atoms with Crippen LogP contribution in [-0.2, 0) is 11.3 Å². The molecule has 27 heavy (non-hydrogen) atoms. The topological polar surface area (TPSA) is 58.1 Å². The minimum absolute atomic E-state index is 0.0910. The molecule has 1 aromatic carbocycles. The number of pyridine rings is 1. The van der Waals surface area contributed by atoms with Gasteiger partial charge in [-0.25, -0.2) is 4.98 Å². The van der Waals surface area contributed by atoms with Gasteiger partial charge in [-0.3, -0.25) is 9.78 Å². The highest BCUT2D eigenvalue weighted by Gasteiger charge is 2.24. The first-order valence-electron chi connectivity index (χ1n) is 9.21. The Labute approximate surface area is 163 Å². The van der Waals surface area contributed by atoms with Crippen LogP contribution >= 0.6 is 11.3 Å². The Bertz CT molecular complexity index is 881. The average Bonchev–Trinajstić information content (AvgIpc) is 3.36. The maximum Gasteiger partial charge on any atom is 0.222 e. The summed E-state index contributed by atoms with van der Waals surface area (Å²) in [6.07, 6.45) is 3.41. The van der Waals surface area contributed by atoms with Gasteiger partial charge in [0.15, 0.2) is 0 Å². The number of hydrogen-bond donors (Lipinski definition) is 1. The second kappa shape index (κ2) is 8.41. The zero-order valence-electron chi connectivity index (χ0n) is 15.0. The molecule has 1 saturated heterocycles. The monoisotopic (exact) mass is 378 g/mol. The third-order valence-electron chi connectivity index (χ3n) is 4.74.